The van der Waals surface area contributed by atoms with Gasteiger partial charge in [0, 0.05) is 11.1 Å². The Morgan fingerprint density at radius 3 is 1.50 bits per heavy atom. The number of carboxylic acids is 2. The van der Waals surface area contributed by atoms with Gasteiger partial charge in [0.15, 0.2) is 0 Å². The molecule has 0 aliphatic rings. The van der Waals surface area contributed by atoms with E-state index in [1.54, 1.807) is 19.9 Å². The predicted octanol–water partition coefficient (Wildman–Crippen LogP) is 2.71. The van der Waals surface area contributed by atoms with Gasteiger partial charge in [-0.1, -0.05) is 33.4 Å². The highest BCUT2D eigenvalue weighted by Gasteiger charge is 2.20. The van der Waals surface area contributed by atoms with E-state index in [9.17, 15) is 9.59 Å². The van der Waals surface area contributed by atoms with E-state index < -0.39 is 11.9 Å². The predicted molar refractivity (Wildman–Crippen MR) is 63.3 cm³/mol. The van der Waals surface area contributed by atoms with E-state index in [4.69, 9.17) is 10.2 Å². The van der Waals surface area contributed by atoms with Gasteiger partial charge in [0.1, 0.15) is 0 Å². The van der Waals surface area contributed by atoms with E-state index in [0.717, 1.165) is 0 Å². The van der Waals surface area contributed by atoms with Crippen LogP contribution in [0.4, 0.5) is 0 Å². The van der Waals surface area contributed by atoms with Crippen molar-refractivity contribution < 1.29 is 19.8 Å². The maximum atomic E-state index is 10.2. The third-order valence-electron chi connectivity index (χ3n) is 1.93. The Bertz CT molecular complexity index is 305. The largest absolute Gasteiger partial charge is 0.478 e. The molecule has 4 heteroatoms. The Morgan fingerprint density at radius 1 is 1.12 bits per heavy atom. The molecule has 4 nitrogen and oxygen atoms in total. The molecule has 92 valence electrons. The average Bonchev–Trinajstić information content (AvgIpc) is 2.14. The Kier molecular flexibility index (Phi) is 7.18. The zero-order chi connectivity index (χ0) is 13.5. The average molecular weight is 228 g/mol. The molecule has 0 aromatic heterocycles. The summed E-state index contributed by atoms with van der Waals surface area (Å²) in [5.74, 6) is -1.76. The fourth-order valence-corrected chi connectivity index (χ4v) is 0.444. The number of rotatable bonds is 2. The lowest BCUT2D eigenvalue weighted by Crippen LogP contribution is -2.15. The minimum Gasteiger partial charge on any atom is -0.478 e. The van der Waals surface area contributed by atoms with E-state index >= 15 is 0 Å². The second-order valence-corrected chi connectivity index (χ2v) is 4.31. The lowest BCUT2D eigenvalue weighted by Gasteiger charge is -2.17. The Morgan fingerprint density at radius 2 is 1.50 bits per heavy atom. The highest BCUT2D eigenvalue weighted by molar-refractivity contribution is 5.87. The van der Waals surface area contributed by atoms with Crippen molar-refractivity contribution in [3.05, 3.63) is 23.8 Å². The van der Waals surface area contributed by atoms with Gasteiger partial charge in [0.05, 0.1) is 0 Å². The summed E-state index contributed by atoms with van der Waals surface area (Å²) < 4.78 is 0. The Labute approximate surface area is 96.3 Å². The number of hydrogen-bond acceptors (Lipinski definition) is 2. The second-order valence-electron chi connectivity index (χ2n) is 4.31. The van der Waals surface area contributed by atoms with E-state index in [-0.39, 0.29) is 11.0 Å². The van der Waals surface area contributed by atoms with E-state index in [1.807, 2.05) is 20.8 Å². The fraction of sp³-hybridized carbons (Fsp3) is 0.500. The molecule has 0 rings (SSSR count). The molecule has 0 radical (unpaired) electrons. The molecular weight excluding hydrogens is 208 g/mol. The first kappa shape index (κ1) is 16.8. The SMILES string of the molecule is C=C(C(=O)O)C(C)(C)C.CC=C(C)C(=O)O. The van der Waals surface area contributed by atoms with Crippen molar-refractivity contribution in [3.63, 3.8) is 0 Å². The molecule has 16 heavy (non-hydrogen) atoms. The molecule has 0 unspecified atom stereocenters. The molecule has 0 aromatic rings. The zero-order valence-corrected chi connectivity index (χ0v) is 10.5. The van der Waals surface area contributed by atoms with E-state index in [0.29, 0.717) is 5.57 Å². The molecule has 0 heterocycles. The summed E-state index contributed by atoms with van der Waals surface area (Å²) in [6.45, 7) is 12.2. The topological polar surface area (TPSA) is 74.6 Å². The third-order valence-corrected chi connectivity index (χ3v) is 1.93. The molecule has 0 amide bonds. The van der Waals surface area contributed by atoms with Gasteiger partial charge in [-0.3, -0.25) is 0 Å². The molecule has 0 saturated carbocycles. The van der Waals surface area contributed by atoms with Gasteiger partial charge in [-0.25, -0.2) is 9.59 Å². The summed E-state index contributed by atoms with van der Waals surface area (Å²) in [6.07, 6.45) is 1.56. The van der Waals surface area contributed by atoms with Crippen LogP contribution >= 0.6 is 0 Å². The summed E-state index contributed by atoms with van der Waals surface area (Å²) in [6, 6.07) is 0. The fourth-order valence-electron chi connectivity index (χ4n) is 0.444. The first-order valence-corrected chi connectivity index (χ1v) is 4.83. The molecule has 0 aliphatic carbocycles. The minimum atomic E-state index is -0.914. The van der Waals surface area contributed by atoms with E-state index in [1.165, 1.54) is 0 Å². The number of carboxylic acid groups (broad SMARTS) is 2. The minimum absolute atomic E-state index is 0.252. The van der Waals surface area contributed by atoms with Gasteiger partial charge >= 0.3 is 11.9 Å². The Balaban J connectivity index is 0. The molecule has 0 aliphatic heterocycles. The monoisotopic (exact) mass is 228 g/mol. The van der Waals surface area contributed by atoms with Crippen LogP contribution in [0.1, 0.15) is 34.6 Å². The summed E-state index contributed by atoms with van der Waals surface area (Å²) in [5, 5.41) is 16.5. The molecule has 0 saturated heterocycles. The van der Waals surface area contributed by atoms with Gasteiger partial charge in [0.2, 0.25) is 0 Å². The second kappa shape index (κ2) is 6.82. The summed E-state index contributed by atoms with van der Waals surface area (Å²) in [4.78, 5) is 20.1. The number of aliphatic carboxylic acids is 2. The summed E-state index contributed by atoms with van der Waals surface area (Å²) >= 11 is 0. The number of hydrogen-bond donors (Lipinski definition) is 2. The maximum absolute atomic E-state index is 10.2. The van der Waals surface area contributed by atoms with Crippen molar-refractivity contribution in [2.45, 2.75) is 34.6 Å². The van der Waals surface area contributed by atoms with E-state index in [2.05, 4.69) is 6.58 Å². The highest BCUT2D eigenvalue weighted by Crippen LogP contribution is 2.22. The molecule has 0 bridgehead atoms. The lowest BCUT2D eigenvalue weighted by atomic mass is 9.88. The number of allylic oxidation sites excluding steroid dienone is 1. The van der Waals surface area contributed by atoms with Crippen LogP contribution in [0.25, 0.3) is 0 Å². The first-order chi connectivity index (χ1) is 7.03. The zero-order valence-electron chi connectivity index (χ0n) is 10.5. The van der Waals surface area contributed by atoms with Crippen LogP contribution in [0.15, 0.2) is 23.8 Å². The van der Waals surface area contributed by atoms with Crippen LogP contribution in [0.3, 0.4) is 0 Å². The van der Waals surface area contributed by atoms with Crippen molar-refractivity contribution in [3.8, 4) is 0 Å². The number of carbonyl (C=O) groups is 2. The molecule has 0 fully saturated rings. The van der Waals surface area contributed by atoms with Crippen LogP contribution in [0.2, 0.25) is 0 Å². The van der Waals surface area contributed by atoms with Gasteiger partial charge in [0.25, 0.3) is 0 Å². The van der Waals surface area contributed by atoms with Crippen molar-refractivity contribution in [1.29, 1.82) is 0 Å². The van der Waals surface area contributed by atoms with Crippen LogP contribution in [0, 0.1) is 5.41 Å². The van der Waals surface area contributed by atoms with Gasteiger partial charge in [-0.2, -0.15) is 0 Å². The summed E-state index contributed by atoms with van der Waals surface area (Å²) in [7, 11) is 0. The van der Waals surface area contributed by atoms with Crippen molar-refractivity contribution >= 4 is 11.9 Å². The molecule has 2 N–H and O–H groups in total. The standard InChI is InChI=1S/C7H12O2.C5H8O2/c1-5(6(8)9)7(2,3)4;1-3-4(2)5(6)7/h1H2,2-4H3,(H,8,9);3H,1-2H3,(H,6,7). The molecule has 0 aromatic carbocycles. The maximum Gasteiger partial charge on any atom is 0.331 e. The quantitative estimate of drug-likeness (QED) is 0.712. The molecule has 0 spiro atoms. The molecular formula is C12H20O4. The van der Waals surface area contributed by atoms with Crippen LogP contribution in [-0.4, -0.2) is 22.2 Å². The Hall–Kier alpha value is -1.58. The van der Waals surface area contributed by atoms with Gasteiger partial charge in [-0.05, 0) is 19.3 Å². The molecule has 0 atom stereocenters. The van der Waals surface area contributed by atoms with Gasteiger partial charge in [-0.15, -0.1) is 0 Å². The smallest absolute Gasteiger partial charge is 0.331 e. The lowest BCUT2D eigenvalue weighted by molar-refractivity contribution is -0.134. The van der Waals surface area contributed by atoms with Crippen LogP contribution in [-0.2, 0) is 9.59 Å². The highest BCUT2D eigenvalue weighted by atomic mass is 16.4. The third kappa shape index (κ3) is 7.79. The van der Waals surface area contributed by atoms with Crippen LogP contribution < -0.4 is 0 Å². The normalized spacial score (nSPS) is 11.2. The van der Waals surface area contributed by atoms with Crippen molar-refractivity contribution in [2.24, 2.45) is 5.41 Å². The first-order valence-electron chi connectivity index (χ1n) is 4.83. The van der Waals surface area contributed by atoms with Gasteiger partial charge < -0.3 is 10.2 Å². The van der Waals surface area contributed by atoms with Crippen LogP contribution in [0.5, 0.6) is 0 Å². The van der Waals surface area contributed by atoms with Crippen molar-refractivity contribution in [2.75, 3.05) is 0 Å². The van der Waals surface area contributed by atoms with Crippen molar-refractivity contribution in [1.82, 2.24) is 0 Å². The summed E-state index contributed by atoms with van der Waals surface area (Å²) in [5.41, 5.74) is 0.328.